The van der Waals surface area contributed by atoms with Crippen LogP contribution < -0.4 is 0 Å². The van der Waals surface area contributed by atoms with Gasteiger partial charge in [-0.25, -0.2) is 13.2 Å². The molecule has 2 rings (SSSR count). The van der Waals surface area contributed by atoms with Gasteiger partial charge < -0.3 is 9.47 Å². The van der Waals surface area contributed by atoms with Crippen LogP contribution in [-0.4, -0.2) is 56.4 Å². The number of carbonyl (C=O) groups excluding carboxylic acids is 2. The Labute approximate surface area is 160 Å². The van der Waals surface area contributed by atoms with E-state index in [0.29, 0.717) is 0 Å². The summed E-state index contributed by atoms with van der Waals surface area (Å²) in [6.07, 6.45) is -0.417. The number of hydrogen-bond donors (Lipinski definition) is 0. The van der Waals surface area contributed by atoms with Crippen LogP contribution in [0.25, 0.3) is 0 Å². The fourth-order valence-corrected chi connectivity index (χ4v) is 4.33. The Kier molecular flexibility index (Phi) is 6.44. The van der Waals surface area contributed by atoms with Crippen molar-refractivity contribution < 1.29 is 27.5 Å². The van der Waals surface area contributed by atoms with E-state index in [1.807, 2.05) is 13.8 Å². The monoisotopic (exact) mass is 397 g/mol. The van der Waals surface area contributed by atoms with Gasteiger partial charge in [0.25, 0.3) is 0 Å². The van der Waals surface area contributed by atoms with E-state index in [1.165, 1.54) is 28.6 Å². The Bertz CT molecular complexity index is 802. The minimum Gasteiger partial charge on any atom is -0.454 e. The summed E-state index contributed by atoms with van der Waals surface area (Å²) in [6, 6.07) is 5.68. The highest BCUT2D eigenvalue weighted by Gasteiger charge is 2.32. The van der Waals surface area contributed by atoms with Crippen molar-refractivity contribution in [1.82, 2.24) is 4.31 Å². The second-order valence-corrected chi connectivity index (χ2v) is 9.79. The number of rotatable bonds is 5. The molecule has 1 aliphatic heterocycles. The highest BCUT2D eigenvalue weighted by Crippen LogP contribution is 2.22. The van der Waals surface area contributed by atoms with Gasteiger partial charge in [-0.2, -0.15) is 4.31 Å². The van der Waals surface area contributed by atoms with Crippen molar-refractivity contribution in [1.29, 1.82) is 0 Å². The number of nitrogens with zero attached hydrogens (tertiary/aromatic N) is 1. The molecule has 0 amide bonds. The predicted octanol–water partition coefficient (Wildman–Crippen LogP) is 2.26. The maximum Gasteiger partial charge on any atom is 0.338 e. The van der Waals surface area contributed by atoms with E-state index in [4.69, 9.17) is 9.47 Å². The van der Waals surface area contributed by atoms with Crippen molar-refractivity contribution in [2.45, 2.75) is 51.7 Å². The third kappa shape index (κ3) is 5.37. The Hall–Kier alpha value is -1.77. The number of esters is 1. The maximum atomic E-state index is 12.9. The van der Waals surface area contributed by atoms with Gasteiger partial charge in [-0.15, -0.1) is 0 Å². The van der Waals surface area contributed by atoms with Crippen molar-refractivity contribution in [3.05, 3.63) is 29.8 Å². The number of carbonyl (C=O) groups is 2. The molecule has 0 saturated carbocycles. The van der Waals surface area contributed by atoms with Crippen molar-refractivity contribution in [2.75, 3.05) is 19.7 Å². The second kappa shape index (κ2) is 8.08. The van der Waals surface area contributed by atoms with E-state index in [0.717, 1.165) is 0 Å². The van der Waals surface area contributed by atoms with Gasteiger partial charge in [-0.05, 0) is 32.0 Å². The molecule has 0 spiro atoms. The van der Waals surface area contributed by atoms with Crippen LogP contribution in [0.1, 0.15) is 45.0 Å². The molecule has 150 valence electrons. The van der Waals surface area contributed by atoms with Gasteiger partial charge in [0.05, 0.1) is 22.7 Å². The van der Waals surface area contributed by atoms with Crippen LogP contribution in [0, 0.1) is 5.41 Å². The van der Waals surface area contributed by atoms with Crippen LogP contribution >= 0.6 is 0 Å². The molecular formula is C19H27NO6S. The number of sulfonamides is 1. The SMILES string of the molecule is C[C@@H]1CN(S(=O)(=O)c2cccc(C(=O)OCC(=O)C(C)(C)C)c2)C[C@H](C)O1. The molecule has 0 aromatic heterocycles. The summed E-state index contributed by atoms with van der Waals surface area (Å²) in [5.74, 6) is -0.940. The van der Waals surface area contributed by atoms with E-state index in [1.54, 1.807) is 20.8 Å². The molecule has 1 heterocycles. The molecular weight excluding hydrogens is 370 g/mol. The first-order valence-corrected chi connectivity index (χ1v) is 10.3. The van der Waals surface area contributed by atoms with Gasteiger partial charge in [0.2, 0.25) is 10.0 Å². The molecule has 0 bridgehead atoms. The summed E-state index contributed by atoms with van der Waals surface area (Å²) in [4.78, 5) is 24.1. The molecule has 1 aromatic rings. The number of benzene rings is 1. The first-order chi connectivity index (χ1) is 12.4. The summed E-state index contributed by atoms with van der Waals surface area (Å²) < 4.78 is 37.8. The Morgan fingerprint density at radius 2 is 1.78 bits per heavy atom. The second-order valence-electron chi connectivity index (χ2n) is 7.86. The normalized spacial score (nSPS) is 21.7. The zero-order valence-corrected chi connectivity index (χ0v) is 17.2. The number of hydrogen-bond acceptors (Lipinski definition) is 6. The molecule has 0 N–H and O–H groups in total. The van der Waals surface area contributed by atoms with Gasteiger partial charge in [0.15, 0.2) is 12.4 Å². The standard InChI is InChI=1S/C19H27NO6S/c1-13-10-20(11-14(2)26-13)27(23,24)16-8-6-7-15(9-16)18(22)25-12-17(21)19(3,4)5/h6-9,13-14H,10-12H2,1-5H3/t13-,14+. The van der Waals surface area contributed by atoms with E-state index in [9.17, 15) is 18.0 Å². The van der Waals surface area contributed by atoms with Crippen LogP contribution in [0.5, 0.6) is 0 Å². The summed E-state index contributed by atoms with van der Waals surface area (Å²) in [5, 5.41) is 0. The van der Waals surface area contributed by atoms with E-state index < -0.39 is 21.4 Å². The number of ether oxygens (including phenoxy) is 2. The third-order valence-corrected chi connectivity index (χ3v) is 6.09. The molecule has 1 fully saturated rings. The Balaban J connectivity index is 2.16. The van der Waals surface area contributed by atoms with Gasteiger partial charge >= 0.3 is 5.97 Å². The first kappa shape index (κ1) is 21.5. The minimum absolute atomic E-state index is 0.0143. The zero-order valence-electron chi connectivity index (χ0n) is 16.4. The van der Waals surface area contributed by atoms with Crippen molar-refractivity contribution in [2.24, 2.45) is 5.41 Å². The zero-order chi connectivity index (χ0) is 20.4. The number of Topliss-reactive ketones (excluding diaryl/α,β-unsaturated/α-hetero) is 1. The lowest BCUT2D eigenvalue weighted by atomic mass is 9.91. The molecule has 7 nitrogen and oxygen atoms in total. The van der Waals surface area contributed by atoms with E-state index in [-0.39, 0.29) is 48.1 Å². The highest BCUT2D eigenvalue weighted by molar-refractivity contribution is 7.89. The minimum atomic E-state index is -3.76. The quantitative estimate of drug-likeness (QED) is 0.708. The number of morpholine rings is 1. The van der Waals surface area contributed by atoms with Gasteiger partial charge in [0.1, 0.15) is 0 Å². The topological polar surface area (TPSA) is 90.0 Å². The maximum absolute atomic E-state index is 12.9. The largest absolute Gasteiger partial charge is 0.454 e. The van der Waals surface area contributed by atoms with Crippen LogP contribution in [0.3, 0.4) is 0 Å². The van der Waals surface area contributed by atoms with Gasteiger partial charge in [-0.1, -0.05) is 26.8 Å². The molecule has 0 aliphatic carbocycles. The molecule has 0 unspecified atom stereocenters. The van der Waals surface area contributed by atoms with Crippen LogP contribution in [-0.2, 0) is 24.3 Å². The van der Waals surface area contributed by atoms with Gasteiger partial charge in [-0.3, -0.25) is 4.79 Å². The summed E-state index contributed by atoms with van der Waals surface area (Å²) >= 11 is 0. The Morgan fingerprint density at radius 1 is 1.19 bits per heavy atom. The summed E-state index contributed by atoms with van der Waals surface area (Å²) in [7, 11) is -3.76. The number of ketones is 1. The van der Waals surface area contributed by atoms with Crippen LogP contribution in [0.4, 0.5) is 0 Å². The van der Waals surface area contributed by atoms with E-state index >= 15 is 0 Å². The van der Waals surface area contributed by atoms with Crippen molar-refractivity contribution >= 4 is 21.8 Å². The molecule has 2 atom stereocenters. The van der Waals surface area contributed by atoms with Gasteiger partial charge in [0, 0.05) is 18.5 Å². The van der Waals surface area contributed by atoms with Crippen LogP contribution in [0.15, 0.2) is 29.2 Å². The molecule has 27 heavy (non-hydrogen) atoms. The van der Waals surface area contributed by atoms with Crippen molar-refractivity contribution in [3.63, 3.8) is 0 Å². The molecule has 0 radical (unpaired) electrons. The molecule has 1 aliphatic rings. The average molecular weight is 397 g/mol. The average Bonchev–Trinajstić information content (AvgIpc) is 2.57. The smallest absolute Gasteiger partial charge is 0.338 e. The lowest BCUT2D eigenvalue weighted by Gasteiger charge is -2.34. The molecule has 8 heteroatoms. The molecule has 1 saturated heterocycles. The highest BCUT2D eigenvalue weighted by atomic mass is 32.2. The fourth-order valence-electron chi connectivity index (χ4n) is 2.69. The molecule has 1 aromatic carbocycles. The van der Waals surface area contributed by atoms with Crippen molar-refractivity contribution in [3.8, 4) is 0 Å². The summed E-state index contributed by atoms with van der Waals surface area (Å²) in [6.45, 7) is 9.00. The first-order valence-electron chi connectivity index (χ1n) is 8.87. The Morgan fingerprint density at radius 3 is 2.33 bits per heavy atom. The third-order valence-electron chi connectivity index (χ3n) is 4.26. The van der Waals surface area contributed by atoms with Crippen LogP contribution in [0.2, 0.25) is 0 Å². The van der Waals surface area contributed by atoms with E-state index in [2.05, 4.69) is 0 Å². The fraction of sp³-hybridized carbons (Fsp3) is 0.579. The lowest BCUT2D eigenvalue weighted by molar-refractivity contribution is -0.129. The lowest BCUT2D eigenvalue weighted by Crippen LogP contribution is -2.48. The summed E-state index contributed by atoms with van der Waals surface area (Å²) in [5.41, 5.74) is -0.526. The predicted molar refractivity (Wildman–Crippen MR) is 100.0 cm³/mol.